The van der Waals surface area contributed by atoms with Crippen molar-refractivity contribution in [2.45, 2.75) is 13.0 Å². The molecule has 0 aromatic rings. The van der Waals surface area contributed by atoms with Crippen molar-refractivity contribution < 1.29 is 14.3 Å². The summed E-state index contributed by atoms with van der Waals surface area (Å²) in [5, 5.41) is 2.45. The number of nitrogens with one attached hydrogen (secondary N) is 1. The second-order valence-corrected chi connectivity index (χ2v) is 3.50. The Labute approximate surface area is 88.7 Å². The second kappa shape index (κ2) is 5.67. The van der Waals surface area contributed by atoms with Crippen LogP contribution in [0, 0.1) is 0 Å². The maximum Gasteiger partial charge on any atom is 0.242 e. The van der Waals surface area contributed by atoms with Gasteiger partial charge >= 0.3 is 0 Å². The summed E-state index contributed by atoms with van der Waals surface area (Å²) in [6.45, 7) is 3.56. The first-order chi connectivity index (χ1) is 7.13. The minimum atomic E-state index is -0.315. The van der Waals surface area contributed by atoms with Gasteiger partial charge in [0.2, 0.25) is 11.8 Å². The number of morpholine rings is 1. The molecule has 0 bridgehead atoms. The van der Waals surface area contributed by atoms with Crippen LogP contribution in [0.1, 0.15) is 6.92 Å². The third-order valence-electron chi connectivity index (χ3n) is 2.22. The minimum Gasteiger partial charge on any atom is -0.375 e. The van der Waals surface area contributed by atoms with Crippen LogP contribution >= 0.6 is 0 Å². The lowest BCUT2D eigenvalue weighted by Gasteiger charge is -2.31. The number of carbonyl (C=O) groups is 2. The number of rotatable bonds is 3. The molecule has 0 aliphatic carbocycles. The number of hydrogen-bond acceptors (Lipinski definition) is 4. The average molecular weight is 215 g/mol. The van der Waals surface area contributed by atoms with Gasteiger partial charge in [-0.25, -0.2) is 0 Å². The van der Waals surface area contributed by atoms with E-state index in [9.17, 15) is 9.59 Å². The quantitative estimate of drug-likeness (QED) is 0.588. The Kier molecular flexibility index (Phi) is 4.51. The lowest BCUT2D eigenvalue weighted by atomic mass is 10.3. The van der Waals surface area contributed by atoms with Gasteiger partial charge < -0.3 is 20.7 Å². The summed E-state index contributed by atoms with van der Waals surface area (Å²) in [6, 6.07) is 0. The lowest BCUT2D eigenvalue weighted by molar-refractivity contribution is -0.138. The summed E-state index contributed by atoms with van der Waals surface area (Å²) in [5.41, 5.74) is 5.10. The molecule has 1 unspecified atom stereocenters. The molecule has 0 radical (unpaired) electrons. The first kappa shape index (κ1) is 11.9. The Hall–Kier alpha value is -1.14. The van der Waals surface area contributed by atoms with Gasteiger partial charge in [0.15, 0.2) is 0 Å². The maximum absolute atomic E-state index is 11.6. The van der Waals surface area contributed by atoms with Gasteiger partial charge in [-0.05, 0) is 6.92 Å². The van der Waals surface area contributed by atoms with E-state index >= 15 is 0 Å². The molecule has 1 rings (SSSR count). The van der Waals surface area contributed by atoms with Crippen LogP contribution in [0.4, 0.5) is 0 Å². The topological polar surface area (TPSA) is 84.7 Å². The normalized spacial score (nSPS) is 21.2. The highest BCUT2D eigenvalue weighted by Crippen LogP contribution is 2.03. The molecule has 6 heteroatoms. The van der Waals surface area contributed by atoms with E-state index in [1.807, 2.05) is 6.92 Å². The number of hydrogen-bond donors (Lipinski definition) is 2. The van der Waals surface area contributed by atoms with E-state index in [2.05, 4.69) is 5.32 Å². The van der Waals surface area contributed by atoms with Crippen molar-refractivity contribution in [3.63, 3.8) is 0 Å². The van der Waals surface area contributed by atoms with Gasteiger partial charge in [-0.2, -0.15) is 0 Å². The Morgan fingerprint density at radius 3 is 2.93 bits per heavy atom. The molecule has 86 valence electrons. The third kappa shape index (κ3) is 3.85. The number of ether oxygens (including phenoxy) is 1. The molecule has 0 spiro atoms. The van der Waals surface area contributed by atoms with Crippen molar-refractivity contribution in [2.75, 3.05) is 32.8 Å². The predicted octanol–water partition coefficient (Wildman–Crippen LogP) is -1.69. The van der Waals surface area contributed by atoms with E-state index in [4.69, 9.17) is 10.5 Å². The van der Waals surface area contributed by atoms with Gasteiger partial charge in [0.1, 0.15) is 0 Å². The van der Waals surface area contributed by atoms with Crippen LogP contribution in [-0.2, 0) is 14.3 Å². The average Bonchev–Trinajstić information content (AvgIpc) is 2.25. The predicted molar refractivity (Wildman–Crippen MR) is 54.1 cm³/mol. The highest BCUT2D eigenvalue weighted by atomic mass is 16.5. The van der Waals surface area contributed by atoms with Gasteiger partial charge in [0.05, 0.1) is 25.8 Å². The van der Waals surface area contributed by atoms with Crippen LogP contribution in [0.5, 0.6) is 0 Å². The van der Waals surface area contributed by atoms with Crippen molar-refractivity contribution in [1.29, 1.82) is 0 Å². The molecule has 2 amide bonds. The summed E-state index contributed by atoms with van der Waals surface area (Å²) in [4.78, 5) is 24.1. The molecular formula is C9H17N3O3. The number of nitrogens with two attached hydrogens (primary N) is 1. The van der Waals surface area contributed by atoms with Gasteiger partial charge in [-0.3, -0.25) is 9.59 Å². The summed E-state index contributed by atoms with van der Waals surface area (Å²) < 4.78 is 5.30. The van der Waals surface area contributed by atoms with Crippen LogP contribution in [0.2, 0.25) is 0 Å². The SMILES string of the molecule is CC1CN(C(=O)CNC(=O)CN)CCO1. The van der Waals surface area contributed by atoms with Gasteiger partial charge in [0, 0.05) is 13.1 Å². The van der Waals surface area contributed by atoms with Crippen LogP contribution in [0.25, 0.3) is 0 Å². The van der Waals surface area contributed by atoms with Crippen molar-refractivity contribution in [1.82, 2.24) is 10.2 Å². The Morgan fingerprint density at radius 2 is 2.33 bits per heavy atom. The van der Waals surface area contributed by atoms with E-state index < -0.39 is 0 Å². The number of carbonyl (C=O) groups excluding carboxylic acids is 2. The third-order valence-corrected chi connectivity index (χ3v) is 2.22. The Morgan fingerprint density at radius 1 is 1.60 bits per heavy atom. The molecule has 1 aliphatic heterocycles. The standard InChI is InChI=1S/C9H17N3O3/c1-7-6-12(2-3-15-7)9(14)5-11-8(13)4-10/h7H,2-6,10H2,1H3,(H,11,13). The van der Waals surface area contributed by atoms with Gasteiger partial charge in [0.25, 0.3) is 0 Å². The summed E-state index contributed by atoms with van der Waals surface area (Å²) in [5.74, 6) is -0.406. The molecule has 0 aromatic heterocycles. The second-order valence-electron chi connectivity index (χ2n) is 3.50. The molecule has 6 nitrogen and oxygen atoms in total. The molecule has 1 atom stereocenters. The summed E-state index contributed by atoms with van der Waals surface area (Å²) in [7, 11) is 0. The van der Waals surface area contributed by atoms with Crippen LogP contribution in [-0.4, -0.2) is 55.6 Å². The smallest absolute Gasteiger partial charge is 0.242 e. The summed E-state index contributed by atoms with van der Waals surface area (Å²) >= 11 is 0. The highest BCUT2D eigenvalue weighted by Gasteiger charge is 2.21. The molecule has 0 saturated carbocycles. The van der Waals surface area contributed by atoms with Crippen molar-refractivity contribution >= 4 is 11.8 Å². The Bertz CT molecular complexity index is 245. The highest BCUT2D eigenvalue weighted by molar-refractivity contribution is 5.85. The molecule has 15 heavy (non-hydrogen) atoms. The van der Waals surface area contributed by atoms with Gasteiger partial charge in [-0.1, -0.05) is 0 Å². The van der Waals surface area contributed by atoms with Crippen molar-refractivity contribution in [3.05, 3.63) is 0 Å². The minimum absolute atomic E-state index is 0.0166. The van der Waals surface area contributed by atoms with Crippen molar-refractivity contribution in [3.8, 4) is 0 Å². The number of nitrogens with zero attached hydrogens (tertiary/aromatic N) is 1. The zero-order valence-electron chi connectivity index (χ0n) is 8.86. The first-order valence-corrected chi connectivity index (χ1v) is 4.99. The van der Waals surface area contributed by atoms with Crippen LogP contribution in [0.15, 0.2) is 0 Å². The summed E-state index contributed by atoms with van der Waals surface area (Å²) in [6.07, 6.45) is 0.0629. The largest absolute Gasteiger partial charge is 0.375 e. The van der Waals surface area contributed by atoms with Gasteiger partial charge in [-0.15, -0.1) is 0 Å². The van der Waals surface area contributed by atoms with Crippen LogP contribution < -0.4 is 11.1 Å². The van der Waals surface area contributed by atoms with E-state index in [-0.39, 0.29) is 31.0 Å². The molecule has 1 aliphatic rings. The fourth-order valence-corrected chi connectivity index (χ4v) is 1.40. The molecule has 1 saturated heterocycles. The van der Waals surface area contributed by atoms with Crippen molar-refractivity contribution in [2.24, 2.45) is 5.73 Å². The first-order valence-electron chi connectivity index (χ1n) is 4.99. The zero-order valence-corrected chi connectivity index (χ0v) is 8.86. The monoisotopic (exact) mass is 215 g/mol. The number of amides is 2. The fourth-order valence-electron chi connectivity index (χ4n) is 1.40. The van der Waals surface area contributed by atoms with E-state index in [1.165, 1.54) is 0 Å². The van der Waals surface area contributed by atoms with E-state index in [0.29, 0.717) is 19.7 Å². The lowest BCUT2D eigenvalue weighted by Crippen LogP contribution is -2.48. The van der Waals surface area contributed by atoms with Crippen LogP contribution in [0.3, 0.4) is 0 Å². The molecule has 3 N–H and O–H groups in total. The molecule has 0 aromatic carbocycles. The fraction of sp³-hybridized carbons (Fsp3) is 0.778. The Balaban J connectivity index is 2.30. The maximum atomic E-state index is 11.6. The molecular weight excluding hydrogens is 198 g/mol. The molecule has 1 heterocycles. The molecule has 1 fully saturated rings. The van der Waals surface area contributed by atoms with E-state index in [0.717, 1.165) is 0 Å². The van der Waals surface area contributed by atoms with E-state index in [1.54, 1.807) is 4.90 Å². The zero-order chi connectivity index (χ0) is 11.3.